The normalized spacial score (nSPS) is 27.7. The van der Waals surface area contributed by atoms with Crippen LogP contribution >= 0.6 is 0 Å². The second kappa shape index (κ2) is 7.75. The number of rotatable bonds is 7. The van der Waals surface area contributed by atoms with Crippen molar-refractivity contribution < 1.29 is 27.0 Å². The summed E-state index contributed by atoms with van der Waals surface area (Å²) in [4.78, 5) is 0.0893. The average molecular weight is 390 g/mol. The molecular weight excluding hydrogens is 366 g/mol. The molecule has 2 fully saturated rings. The van der Waals surface area contributed by atoms with Crippen LogP contribution in [0.15, 0.2) is 29.2 Å². The Bertz CT molecular complexity index is 698. The van der Waals surface area contributed by atoms with E-state index >= 15 is 0 Å². The van der Waals surface area contributed by atoms with Gasteiger partial charge < -0.3 is 15.2 Å². The minimum Gasteiger partial charge on any atom is -0.435 e. The molecule has 2 saturated heterocycles. The van der Waals surface area contributed by atoms with Gasteiger partial charge in [0.15, 0.2) is 0 Å². The summed E-state index contributed by atoms with van der Waals surface area (Å²) in [5, 5.41) is 12.7. The van der Waals surface area contributed by atoms with Gasteiger partial charge in [-0.05, 0) is 56.9 Å². The number of benzene rings is 1. The Morgan fingerprint density at radius 1 is 1.23 bits per heavy atom. The number of hydrogen-bond acceptors (Lipinski definition) is 5. The lowest BCUT2D eigenvalue weighted by Crippen LogP contribution is -2.52. The highest BCUT2D eigenvalue weighted by Crippen LogP contribution is 2.40. The monoisotopic (exact) mass is 390 g/mol. The van der Waals surface area contributed by atoms with Crippen molar-refractivity contribution in [3.63, 3.8) is 0 Å². The third-order valence-corrected chi connectivity index (χ3v) is 7.01. The van der Waals surface area contributed by atoms with Crippen LogP contribution in [0.25, 0.3) is 0 Å². The fourth-order valence-corrected chi connectivity index (χ4v) is 5.84. The number of alkyl halides is 2. The van der Waals surface area contributed by atoms with Crippen LogP contribution in [0.1, 0.15) is 32.6 Å². The molecule has 0 spiro atoms. The summed E-state index contributed by atoms with van der Waals surface area (Å²) in [5.41, 5.74) is 0. The van der Waals surface area contributed by atoms with E-state index < -0.39 is 22.7 Å². The Kier molecular flexibility index (Phi) is 5.81. The first-order chi connectivity index (χ1) is 12.3. The molecule has 0 aliphatic carbocycles. The van der Waals surface area contributed by atoms with E-state index in [1.54, 1.807) is 11.2 Å². The first-order valence-corrected chi connectivity index (χ1v) is 10.2. The Morgan fingerprint density at radius 2 is 1.81 bits per heavy atom. The van der Waals surface area contributed by atoms with Gasteiger partial charge in [-0.15, -0.1) is 0 Å². The van der Waals surface area contributed by atoms with Crippen LogP contribution in [0.2, 0.25) is 0 Å². The molecular formula is C17H24F2N2O4S. The molecule has 9 heteroatoms. The zero-order chi connectivity index (χ0) is 18.9. The van der Waals surface area contributed by atoms with Gasteiger partial charge in [-0.2, -0.15) is 13.1 Å². The predicted molar refractivity (Wildman–Crippen MR) is 91.6 cm³/mol. The van der Waals surface area contributed by atoms with Gasteiger partial charge in [-0.3, -0.25) is 0 Å². The highest BCUT2D eigenvalue weighted by atomic mass is 32.2. The van der Waals surface area contributed by atoms with Crippen LogP contribution < -0.4 is 10.1 Å². The molecule has 2 aliphatic rings. The maximum Gasteiger partial charge on any atom is 0.387 e. The van der Waals surface area contributed by atoms with Crippen molar-refractivity contribution in [2.75, 3.05) is 6.54 Å². The van der Waals surface area contributed by atoms with Crippen LogP contribution in [0, 0.1) is 0 Å². The molecule has 3 rings (SSSR count). The zero-order valence-electron chi connectivity index (χ0n) is 14.5. The average Bonchev–Trinajstić information content (AvgIpc) is 2.85. The van der Waals surface area contributed by atoms with E-state index in [-0.39, 0.29) is 28.8 Å². The number of nitrogens with zero attached hydrogens (tertiary/aromatic N) is 1. The van der Waals surface area contributed by atoms with Gasteiger partial charge in [0, 0.05) is 24.7 Å². The number of fused-ring (bicyclic) bond motifs is 2. The van der Waals surface area contributed by atoms with Crippen molar-refractivity contribution in [1.29, 1.82) is 0 Å². The van der Waals surface area contributed by atoms with Crippen LogP contribution in [0.3, 0.4) is 0 Å². The van der Waals surface area contributed by atoms with Crippen LogP contribution in [0.4, 0.5) is 8.78 Å². The van der Waals surface area contributed by atoms with Crippen molar-refractivity contribution in [2.45, 2.75) is 68.3 Å². The standard InChI is InChI=1S/C17H24F2N2O4S/c1-11(22)10-20-12-8-13-2-3-14(9-12)21(13)26(23,24)16-6-4-15(5-7-16)25-17(18)19/h4-7,11-14,17,20,22H,2-3,8-10H2,1H3. The second-order valence-electron chi connectivity index (χ2n) is 7.00. The molecule has 1 aromatic carbocycles. The molecule has 0 amide bonds. The number of piperidine rings is 1. The predicted octanol–water partition coefficient (Wildman–Crippen LogP) is 1.94. The lowest BCUT2D eigenvalue weighted by atomic mass is 9.99. The van der Waals surface area contributed by atoms with E-state index in [4.69, 9.17) is 0 Å². The first-order valence-electron chi connectivity index (χ1n) is 8.77. The summed E-state index contributed by atoms with van der Waals surface area (Å²) in [5.74, 6) is -0.0667. The molecule has 1 aromatic rings. The number of aliphatic hydroxyl groups excluding tert-OH is 1. The van der Waals surface area contributed by atoms with E-state index in [0.717, 1.165) is 12.8 Å². The third-order valence-electron chi connectivity index (χ3n) is 4.99. The van der Waals surface area contributed by atoms with Gasteiger partial charge in [0.2, 0.25) is 10.0 Å². The second-order valence-corrected chi connectivity index (χ2v) is 8.84. The van der Waals surface area contributed by atoms with Crippen molar-refractivity contribution in [3.05, 3.63) is 24.3 Å². The number of aliphatic hydroxyl groups is 1. The van der Waals surface area contributed by atoms with E-state index in [0.29, 0.717) is 19.4 Å². The molecule has 2 aliphatic heterocycles. The first kappa shape index (κ1) is 19.5. The largest absolute Gasteiger partial charge is 0.435 e. The molecule has 146 valence electrons. The van der Waals surface area contributed by atoms with Gasteiger partial charge in [0.1, 0.15) is 5.75 Å². The number of sulfonamides is 1. The lowest BCUT2D eigenvalue weighted by molar-refractivity contribution is -0.0498. The topological polar surface area (TPSA) is 78.9 Å². The molecule has 0 saturated carbocycles. The maximum atomic E-state index is 13.0. The summed E-state index contributed by atoms with van der Waals surface area (Å²) >= 11 is 0. The molecule has 3 atom stereocenters. The van der Waals surface area contributed by atoms with E-state index in [9.17, 15) is 22.3 Å². The Hall–Kier alpha value is -1.29. The van der Waals surface area contributed by atoms with Crippen LogP contribution in [-0.4, -0.2) is 55.2 Å². The fourth-order valence-electron chi connectivity index (χ4n) is 3.95. The van der Waals surface area contributed by atoms with Gasteiger partial charge in [0.25, 0.3) is 0 Å². The van der Waals surface area contributed by atoms with Crippen LogP contribution in [-0.2, 0) is 10.0 Å². The highest BCUT2D eigenvalue weighted by Gasteiger charge is 2.47. The maximum absolute atomic E-state index is 13.0. The van der Waals surface area contributed by atoms with E-state index in [1.165, 1.54) is 24.3 Å². The summed E-state index contributed by atoms with van der Waals surface area (Å²) in [6, 6.07) is 5.14. The van der Waals surface area contributed by atoms with Crippen molar-refractivity contribution in [3.8, 4) is 5.75 Å². The van der Waals surface area contributed by atoms with Gasteiger partial charge in [0.05, 0.1) is 11.0 Å². The summed E-state index contributed by atoms with van der Waals surface area (Å²) in [6.07, 6.45) is 2.58. The smallest absolute Gasteiger partial charge is 0.387 e. The van der Waals surface area contributed by atoms with E-state index in [2.05, 4.69) is 10.1 Å². The summed E-state index contributed by atoms with van der Waals surface area (Å²) in [7, 11) is -3.68. The molecule has 2 N–H and O–H groups in total. The number of hydrogen-bond donors (Lipinski definition) is 2. The molecule has 6 nitrogen and oxygen atoms in total. The minimum absolute atomic E-state index is 0.0667. The zero-order valence-corrected chi connectivity index (χ0v) is 15.3. The molecule has 0 radical (unpaired) electrons. The van der Waals surface area contributed by atoms with Gasteiger partial charge >= 0.3 is 6.61 Å². The molecule has 2 heterocycles. The number of nitrogens with one attached hydrogen (secondary N) is 1. The van der Waals surface area contributed by atoms with Gasteiger partial charge in [-0.25, -0.2) is 8.42 Å². The van der Waals surface area contributed by atoms with Crippen molar-refractivity contribution in [1.82, 2.24) is 9.62 Å². The molecule has 0 aromatic heterocycles. The summed E-state index contributed by atoms with van der Waals surface area (Å²) in [6.45, 7) is -0.744. The Labute approximate surface area is 152 Å². The lowest BCUT2D eigenvalue weighted by Gasteiger charge is -2.38. The Morgan fingerprint density at radius 3 is 2.31 bits per heavy atom. The van der Waals surface area contributed by atoms with Gasteiger partial charge in [-0.1, -0.05) is 0 Å². The van der Waals surface area contributed by atoms with E-state index in [1.807, 2.05) is 0 Å². The van der Waals surface area contributed by atoms with Crippen molar-refractivity contribution in [2.24, 2.45) is 0 Å². The van der Waals surface area contributed by atoms with Crippen molar-refractivity contribution >= 4 is 10.0 Å². The fraction of sp³-hybridized carbons (Fsp3) is 0.647. The third kappa shape index (κ3) is 4.16. The molecule has 26 heavy (non-hydrogen) atoms. The SMILES string of the molecule is CC(O)CNC1CC2CCC(C1)N2S(=O)(=O)c1ccc(OC(F)F)cc1. The quantitative estimate of drug-likeness (QED) is 0.744. The number of ether oxygens (including phenoxy) is 1. The number of halogens is 2. The Balaban J connectivity index is 1.72. The van der Waals surface area contributed by atoms with Crippen LogP contribution in [0.5, 0.6) is 5.75 Å². The summed E-state index contributed by atoms with van der Waals surface area (Å²) < 4.78 is 56.4. The highest BCUT2D eigenvalue weighted by molar-refractivity contribution is 7.89. The molecule has 3 unspecified atom stereocenters. The minimum atomic E-state index is -3.68. The molecule has 2 bridgehead atoms.